The number of hydrogen-bond donors (Lipinski definition) is 1. The molecule has 0 spiro atoms. The van der Waals surface area contributed by atoms with Crippen molar-refractivity contribution >= 4 is 11.9 Å². The van der Waals surface area contributed by atoms with Crippen LogP contribution in [-0.4, -0.2) is 60.0 Å². The van der Waals surface area contributed by atoms with E-state index in [9.17, 15) is 9.18 Å². The first-order valence-corrected chi connectivity index (χ1v) is 10.9. The zero-order chi connectivity index (χ0) is 21.3. The molecule has 0 bridgehead atoms. The monoisotopic (exact) mass is 413 g/mol. The summed E-state index contributed by atoms with van der Waals surface area (Å²) < 4.78 is 13.4. The summed E-state index contributed by atoms with van der Waals surface area (Å²) in [6.07, 6.45) is 6.23. The van der Waals surface area contributed by atoms with Crippen molar-refractivity contribution in [2.24, 2.45) is 5.92 Å². The number of anilines is 1. The van der Waals surface area contributed by atoms with E-state index in [0.29, 0.717) is 19.0 Å². The van der Waals surface area contributed by atoms with Crippen LogP contribution < -0.4 is 10.2 Å². The van der Waals surface area contributed by atoms with Gasteiger partial charge in [0, 0.05) is 37.6 Å². The molecular formula is C23H32FN5O. The molecule has 1 amide bonds. The molecule has 1 aliphatic heterocycles. The van der Waals surface area contributed by atoms with E-state index in [4.69, 9.17) is 0 Å². The lowest BCUT2D eigenvalue weighted by Gasteiger charge is -2.32. The SMILES string of the molecule is CCN(CC)CCCNC(=O)[C@@H]1CCCN(c2ncc(-c3cccc(F)c3)cn2)C1. The van der Waals surface area contributed by atoms with Gasteiger partial charge in [-0.15, -0.1) is 0 Å². The number of nitrogens with zero attached hydrogens (tertiary/aromatic N) is 4. The molecule has 7 heteroatoms. The molecule has 1 aliphatic rings. The van der Waals surface area contributed by atoms with E-state index >= 15 is 0 Å². The Hall–Kier alpha value is -2.54. The second-order valence-electron chi connectivity index (χ2n) is 7.74. The number of carbonyl (C=O) groups excluding carboxylic acids is 1. The van der Waals surface area contributed by atoms with Crippen LogP contribution in [0.5, 0.6) is 0 Å². The summed E-state index contributed by atoms with van der Waals surface area (Å²) in [5.41, 5.74) is 1.53. The predicted octanol–water partition coefficient (Wildman–Crippen LogP) is 3.35. The Morgan fingerprint density at radius 3 is 2.70 bits per heavy atom. The van der Waals surface area contributed by atoms with Crippen LogP contribution in [0.2, 0.25) is 0 Å². The predicted molar refractivity (Wildman–Crippen MR) is 118 cm³/mol. The van der Waals surface area contributed by atoms with Gasteiger partial charge in [-0.25, -0.2) is 14.4 Å². The molecule has 1 aromatic heterocycles. The quantitative estimate of drug-likeness (QED) is 0.639. The topological polar surface area (TPSA) is 61.4 Å². The van der Waals surface area contributed by atoms with Gasteiger partial charge in [-0.1, -0.05) is 26.0 Å². The highest BCUT2D eigenvalue weighted by Crippen LogP contribution is 2.23. The molecule has 1 fully saturated rings. The maximum absolute atomic E-state index is 13.4. The molecule has 1 N–H and O–H groups in total. The average molecular weight is 414 g/mol. The Kier molecular flexibility index (Phi) is 8.13. The summed E-state index contributed by atoms with van der Waals surface area (Å²) in [7, 11) is 0. The first-order chi connectivity index (χ1) is 14.6. The summed E-state index contributed by atoms with van der Waals surface area (Å²) in [5, 5.41) is 3.10. The fourth-order valence-electron chi connectivity index (χ4n) is 3.87. The van der Waals surface area contributed by atoms with Crippen molar-refractivity contribution in [2.45, 2.75) is 33.1 Å². The Labute approximate surface area is 178 Å². The summed E-state index contributed by atoms with van der Waals surface area (Å²) in [6.45, 7) is 9.59. The van der Waals surface area contributed by atoms with Crippen molar-refractivity contribution in [1.82, 2.24) is 20.2 Å². The number of halogens is 1. The Morgan fingerprint density at radius 2 is 2.00 bits per heavy atom. The van der Waals surface area contributed by atoms with Gasteiger partial charge in [0.1, 0.15) is 5.82 Å². The van der Waals surface area contributed by atoms with Crippen molar-refractivity contribution in [2.75, 3.05) is 44.2 Å². The smallest absolute Gasteiger partial charge is 0.225 e. The highest BCUT2D eigenvalue weighted by molar-refractivity contribution is 5.79. The molecule has 1 aromatic carbocycles. The van der Waals surface area contributed by atoms with Gasteiger partial charge in [0.05, 0.1) is 5.92 Å². The van der Waals surface area contributed by atoms with Crippen molar-refractivity contribution in [3.05, 3.63) is 42.5 Å². The van der Waals surface area contributed by atoms with Gasteiger partial charge in [0.2, 0.25) is 11.9 Å². The molecule has 2 aromatic rings. The average Bonchev–Trinajstić information content (AvgIpc) is 2.79. The molecular weight excluding hydrogens is 381 g/mol. The zero-order valence-corrected chi connectivity index (χ0v) is 18.0. The molecule has 30 heavy (non-hydrogen) atoms. The number of amides is 1. The zero-order valence-electron chi connectivity index (χ0n) is 18.0. The first kappa shape index (κ1) is 22.2. The van der Waals surface area contributed by atoms with Gasteiger partial charge >= 0.3 is 0 Å². The van der Waals surface area contributed by atoms with Crippen molar-refractivity contribution in [3.8, 4) is 11.1 Å². The summed E-state index contributed by atoms with van der Waals surface area (Å²) >= 11 is 0. The van der Waals surface area contributed by atoms with E-state index in [-0.39, 0.29) is 17.6 Å². The lowest BCUT2D eigenvalue weighted by atomic mass is 9.97. The molecule has 0 radical (unpaired) electrons. The van der Waals surface area contributed by atoms with Gasteiger partial charge in [0.15, 0.2) is 0 Å². The van der Waals surface area contributed by atoms with Crippen molar-refractivity contribution in [1.29, 1.82) is 0 Å². The summed E-state index contributed by atoms with van der Waals surface area (Å²) in [5.74, 6) is 0.419. The molecule has 3 rings (SSSR count). The Bertz CT molecular complexity index is 809. The lowest BCUT2D eigenvalue weighted by Crippen LogP contribution is -2.44. The fourth-order valence-corrected chi connectivity index (χ4v) is 3.87. The Balaban J connectivity index is 1.52. The van der Waals surface area contributed by atoms with Crippen LogP contribution in [0.4, 0.5) is 10.3 Å². The number of nitrogens with one attached hydrogen (secondary N) is 1. The molecule has 1 saturated heterocycles. The van der Waals surface area contributed by atoms with Crippen LogP contribution >= 0.6 is 0 Å². The van der Waals surface area contributed by atoms with Gasteiger partial charge < -0.3 is 15.1 Å². The van der Waals surface area contributed by atoms with Crippen LogP contribution in [0.1, 0.15) is 33.1 Å². The number of carbonyl (C=O) groups is 1. The van der Waals surface area contributed by atoms with Crippen LogP contribution in [-0.2, 0) is 4.79 Å². The number of benzene rings is 1. The van der Waals surface area contributed by atoms with Crippen LogP contribution in [0, 0.1) is 11.7 Å². The van der Waals surface area contributed by atoms with Crippen molar-refractivity contribution in [3.63, 3.8) is 0 Å². The van der Waals surface area contributed by atoms with Gasteiger partial charge in [-0.3, -0.25) is 4.79 Å². The minimum atomic E-state index is -0.279. The second-order valence-corrected chi connectivity index (χ2v) is 7.74. The molecule has 2 heterocycles. The van der Waals surface area contributed by atoms with E-state index in [2.05, 4.69) is 38.9 Å². The number of hydrogen-bond acceptors (Lipinski definition) is 5. The standard InChI is InChI=1S/C23H32FN5O/c1-3-28(4-2)12-7-11-25-22(30)19-9-6-13-29(17-19)23-26-15-20(16-27-23)18-8-5-10-21(24)14-18/h5,8,10,14-16,19H,3-4,6-7,9,11-13,17H2,1-2H3,(H,25,30)/t19-/m1/s1. The third kappa shape index (κ3) is 5.98. The summed E-state index contributed by atoms with van der Waals surface area (Å²) in [4.78, 5) is 26.0. The van der Waals surface area contributed by atoms with Gasteiger partial charge in [-0.05, 0) is 56.6 Å². The Morgan fingerprint density at radius 1 is 1.23 bits per heavy atom. The highest BCUT2D eigenvalue weighted by atomic mass is 19.1. The highest BCUT2D eigenvalue weighted by Gasteiger charge is 2.27. The van der Waals surface area contributed by atoms with E-state index in [1.807, 2.05) is 6.07 Å². The number of aromatic nitrogens is 2. The van der Waals surface area contributed by atoms with E-state index in [1.54, 1.807) is 18.5 Å². The third-order valence-electron chi connectivity index (χ3n) is 5.72. The fraction of sp³-hybridized carbons (Fsp3) is 0.522. The third-order valence-corrected chi connectivity index (χ3v) is 5.72. The van der Waals surface area contributed by atoms with E-state index in [0.717, 1.165) is 56.6 Å². The van der Waals surface area contributed by atoms with E-state index in [1.165, 1.54) is 12.1 Å². The first-order valence-electron chi connectivity index (χ1n) is 10.9. The van der Waals surface area contributed by atoms with Gasteiger partial charge in [-0.2, -0.15) is 0 Å². The summed E-state index contributed by atoms with van der Waals surface area (Å²) in [6, 6.07) is 6.40. The normalized spacial score (nSPS) is 16.7. The van der Waals surface area contributed by atoms with Crippen LogP contribution in [0.3, 0.4) is 0 Å². The largest absolute Gasteiger partial charge is 0.356 e. The second kappa shape index (κ2) is 11.0. The maximum Gasteiger partial charge on any atom is 0.225 e. The molecule has 0 unspecified atom stereocenters. The molecule has 0 saturated carbocycles. The van der Waals surface area contributed by atoms with Crippen LogP contribution in [0.25, 0.3) is 11.1 Å². The lowest BCUT2D eigenvalue weighted by molar-refractivity contribution is -0.125. The minimum Gasteiger partial charge on any atom is -0.356 e. The maximum atomic E-state index is 13.4. The van der Waals surface area contributed by atoms with Crippen LogP contribution in [0.15, 0.2) is 36.7 Å². The molecule has 1 atom stereocenters. The molecule has 162 valence electrons. The van der Waals surface area contributed by atoms with E-state index < -0.39 is 0 Å². The number of rotatable bonds is 9. The molecule has 0 aliphatic carbocycles. The minimum absolute atomic E-state index is 0.0429. The molecule has 6 nitrogen and oxygen atoms in total. The number of piperidine rings is 1. The van der Waals surface area contributed by atoms with Crippen molar-refractivity contribution < 1.29 is 9.18 Å². The van der Waals surface area contributed by atoms with Gasteiger partial charge in [0.25, 0.3) is 0 Å².